The summed E-state index contributed by atoms with van der Waals surface area (Å²) in [4.78, 5) is 36.5. The van der Waals surface area contributed by atoms with Crippen molar-refractivity contribution in [1.82, 2.24) is 4.90 Å². The average Bonchev–Trinajstić information content (AvgIpc) is 3.21. The number of hydrogen-bond acceptors (Lipinski definition) is 5. The number of non-ortho nitro benzene ring substituents is 1. The number of carbonyl (C=O) groups excluding carboxylic acids is 2. The normalized spacial score (nSPS) is 13.4. The number of amides is 1. The molecule has 3 rings (SSSR count). The maximum Gasteiger partial charge on any atom is 0.340 e. The topological polar surface area (TPSA) is 89.8 Å². The largest absolute Gasteiger partial charge is 0.457 e. The number of nitrogens with zero attached hydrogens (tertiary/aromatic N) is 2. The molecule has 2 aromatic carbocycles. The van der Waals surface area contributed by atoms with Crippen LogP contribution in [0.1, 0.15) is 39.1 Å². The lowest BCUT2D eigenvalue weighted by Crippen LogP contribution is -2.27. The molecule has 1 fully saturated rings. The Hall–Kier alpha value is -2.93. The quantitative estimate of drug-likeness (QED) is 0.441. The molecule has 140 valence electrons. The summed E-state index contributed by atoms with van der Waals surface area (Å²) in [5.74, 6) is -0.750. The van der Waals surface area contributed by atoms with Crippen molar-refractivity contribution in [3.63, 3.8) is 0 Å². The zero-order valence-corrected chi connectivity index (χ0v) is 15.1. The molecule has 0 saturated carbocycles. The predicted octanol–water partition coefficient (Wildman–Crippen LogP) is 3.84. The Labute approximate surface area is 160 Å². The summed E-state index contributed by atoms with van der Waals surface area (Å²) >= 11 is 5.93. The van der Waals surface area contributed by atoms with Gasteiger partial charge in [-0.15, -0.1) is 0 Å². The highest BCUT2D eigenvalue weighted by Gasteiger charge is 2.20. The van der Waals surface area contributed by atoms with Crippen LogP contribution in [0.5, 0.6) is 0 Å². The third-order valence-corrected chi connectivity index (χ3v) is 4.67. The first-order chi connectivity index (χ1) is 13.0. The molecule has 0 spiro atoms. The van der Waals surface area contributed by atoms with Crippen molar-refractivity contribution in [3.05, 3.63) is 74.3 Å². The zero-order chi connectivity index (χ0) is 19.4. The van der Waals surface area contributed by atoms with E-state index in [4.69, 9.17) is 16.3 Å². The van der Waals surface area contributed by atoms with Crippen LogP contribution < -0.4 is 0 Å². The van der Waals surface area contributed by atoms with Crippen LogP contribution in [0, 0.1) is 10.1 Å². The summed E-state index contributed by atoms with van der Waals surface area (Å²) in [6.45, 7) is 1.53. The monoisotopic (exact) mass is 388 g/mol. The van der Waals surface area contributed by atoms with E-state index in [2.05, 4.69) is 0 Å². The molecule has 0 bridgehead atoms. The number of esters is 1. The second-order valence-electron chi connectivity index (χ2n) is 6.19. The van der Waals surface area contributed by atoms with E-state index in [1.165, 1.54) is 12.1 Å². The lowest BCUT2D eigenvalue weighted by atomic mass is 10.1. The van der Waals surface area contributed by atoms with Crippen molar-refractivity contribution < 1.29 is 19.2 Å². The molecule has 1 aliphatic heterocycles. The molecule has 1 aliphatic rings. The van der Waals surface area contributed by atoms with E-state index in [-0.39, 0.29) is 28.8 Å². The molecule has 0 radical (unpaired) electrons. The molecule has 0 unspecified atom stereocenters. The minimum absolute atomic E-state index is 0.000536. The molecule has 27 heavy (non-hydrogen) atoms. The molecule has 1 saturated heterocycles. The zero-order valence-electron chi connectivity index (χ0n) is 14.4. The molecule has 7 nitrogen and oxygen atoms in total. The Morgan fingerprint density at radius 1 is 1.11 bits per heavy atom. The van der Waals surface area contributed by atoms with E-state index < -0.39 is 10.9 Å². The number of rotatable bonds is 5. The number of nitro groups is 1. The van der Waals surface area contributed by atoms with Crippen molar-refractivity contribution in [3.8, 4) is 0 Å². The van der Waals surface area contributed by atoms with Crippen LogP contribution in [-0.4, -0.2) is 34.8 Å². The molecule has 0 atom stereocenters. The molecule has 0 N–H and O–H groups in total. The third kappa shape index (κ3) is 4.43. The van der Waals surface area contributed by atoms with Crippen LogP contribution in [0.4, 0.5) is 5.69 Å². The number of hydrogen-bond donors (Lipinski definition) is 0. The number of benzene rings is 2. The minimum Gasteiger partial charge on any atom is -0.457 e. The summed E-state index contributed by atoms with van der Waals surface area (Å²) in [6, 6.07) is 10.4. The lowest BCUT2D eigenvalue weighted by molar-refractivity contribution is -0.384. The maximum absolute atomic E-state index is 12.3. The van der Waals surface area contributed by atoms with E-state index in [1.807, 2.05) is 4.90 Å². The van der Waals surface area contributed by atoms with Crippen molar-refractivity contribution in [2.45, 2.75) is 19.4 Å². The van der Waals surface area contributed by atoms with Crippen molar-refractivity contribution >= 4 is 29.2 Å². The lowest BCUT2D eigenvalue weighted by Gasteiger charge is -2.15. The fraction of sp³-hybridized carbons (Fsp3) is 0.263. The van der Waals surface area contributed by atoms with Gasteiger partial charge in [0, 0.05) is 30.8 Å². The van der Waals surface area contributed by atoms with Crippen LogP contribution in [0.15, 0.2) is 42.5 Å². The highest BCUT2D eigenvalue weighted by atomic mass is 35.5. The minimum atomic E-state index is -0.749. The van der Waals surface area contributed by atoms with Crippen LogP contribution in [-0.2, 0) is 11.3 Å². The molecule has 1 heterocycles. The van der Waals surface area contributed by atoms with Crippen LogP contribution in [0.25, 0.3) is 0 Å². The fourth-order valence-electron chi connectivity index (χ4n) is 2.86. The number of halogens is 1. The van der Waals surface area contributed by atoms with Gasteiger partial charge in [-0.2, -0.15) is 0 Å². The highest BCUT2D eigenvalue weighted by Crippen LogP contribution is 2.23. The van der Waals surface area contributed by atoms with Crippen molar-refractivity contribution in [2.24, 2.45) is 0 Å². The van der Waals surface area contributed by atoms with Gasteiger partial charge in [-0.1, -0.05) is 23.7 Å². The number of ether oxygens (including phenoxy) is 1. The van der Waals surface area contributed by atoms with Gasteiger partial charge in [-0.25, -0.2) is 4.79 Å². The van der Waals surface area contributed by atoms with E-state index in [0.717, 1.165) is 32.0 Å². The van der Waals surface area contributed by atoms with E-state index in [0.29, 0.717) is 11.1 Å². The molecule has 0 aromatic heterocycles. The standard InChI is InChI=1S/C19H17ClN2O5/c20-17-8-7-15(22(25)26)11-16(17)19(24)27-12-13-3-5-14(6-4-13)18(23)21-9-1-2-10-21/h3-8,11H,1-2,9-10,12H2. The maximum atomic E-state index is 12.3. The first-order valence-electron chi connectivity index (χ1n) is 8.45. The Bertz CT molecular complexity index is 876. The van der Waals surface area contributed by atoms with Gasteiger partial charge in [0.25, 0.3) is 11.6 Å². The molecular formula is C19H17ClN2O5. The number of likely N-dealkylation sites (tertiary alicyclic amines) is 1. The number of nitro benzene ring substituents is 1. The second kappa shape index (κ2) is 8.18. The van der Waals surface area contributed by atoms with Crippen molar-refractivity contribution in [1.29, 1.82) is 0 Å². The van der Waals surface area contributed by atoms with Gasteiger partial charge in [0.2, 0.25) is 0 Å². The summed E-state index contributed by atoms with van der Waals surface area (Å²) in [5.41, 5.74) is 0.986. The third-order valence-electron chi connectivity index (χ3n) is 4.34. The second-order valence-corrected chi connectivity index (χ2v) is 6.60. The summed E-state index contributed by atoms with van der Waals surface area (Å²) in [7, 11) is 0. The smallest absolute Gasteiger partial charge is 0.340 e. The van der Waals surface area contributed by atoms with E-state index in [9.17, 15) is 19.7 Å². The fourth-order valence-corrected chi connectivity index (χ4v) is 3.05. The first kappa shape index (κ1) is 18.8. The van der Waals surface area contributed by atoms with E-state index >= 15 is 0 Å². The number of carbonyl (C=O) groups is 2. The summed E-state index contributed by atoms with van der Waals surface area (Å²) < 4.78 is 5.19. The Balaban J connectivity index is 1.63. The average molecular weight is 389 g/mol. The SMILES string of the molecule is O=C(OCc1ccc(C(=O)N2CCCC2)cc1)c1cc([N+](=O)[O-])ccc1Cl. The Kier molecular flexibility index (Phi) is 5.71. The molecule has 8 heteroatoms. The molecule has 1 amide bonds. The van der Waals surface area contributed by atoms with Gasteiger partial charge in [-0.05, 0) is 36.6 Å². The van der Waals surface area contributed by atoms with Crippen LogP contribution in [0.3, 0.4) is 0 Å². The molecule has 0 aliphatic carbocycles. The molecular weight excluding hydrogens is 372 g/mol. The van der Waals surface area contributed by atoms with Gasteiger partial charge >= 0.3 is 5.97 Å². The molecule has 2 aromatic rings. The Morgan fingerprint density at radius 3 is 2.41 bits per heavy atom. The Morgan fingerprint density at radius 2 is 1.78 bits per heavy atom. The van der Waals surface area contributed by atoms with Gasteiger partial charge in [0.15, 0.2) is 0 Å². The van der Waals surface area contributed by atoms with E-state index in [1.54, 1.807) is 24.3 Å². The van der Waals surface area contributed by atoms with Crippen LogP contribution in [0.2, 0.25) is 5.02 Å². The van der Waals surface area contributed by atoms with Gasteiger partial charge < -0.3 is 9.64 Å². The van der Waals surface area contributed by atoms with Gasteiger partial charge in [-0.3, -0.25) is 14.9 Å². The van der Waals surface area contributed by atoms with Gasteiger partial charge in [0.1, 0.15) is 6.61 Å². The van der Waals surface area contributed by atoms with Crippen LogP contribution >= 0.6 is 11.6 Å². The predicted molar refractivity (Wildman–Crippen MR) is 98.8 cm³/mol. The first-order valence-corrected chi connectivity index (χ1v) is 8.83. The highest BCUT2D eigenvalue weighted by molar-refractivity contribution is 6.33. The summed E-state index contributed by atoms with van der Waals surface area (Å²) in [5, 5.41) is 10.9. The summed E-state index contributed by atoms with van der Waals surface area (Å²) in [6.07, 6.45) is 2.06. The van der Waals surface area contributed by atoms with Gasteiger partial charge in [0.05, 0.1) is 15.5 Å². The van der Waals surface area contributed by atoms with Crippen molar-refractivity contribution in [2.75, 3.05) is 13.1 Å².